The largest absolute Gasteiger partial charge is 0.497 e. The molecule has 0 unspecified atom stereocenters. The highest BCUT2D eigenvalue weighted by Gasteiger charge is 2.17. The highest BCUT2D eigenvalue weighted by atomic mass is 19.1. The molecular weight excluding hydrogens is 395 g/mol. The molecule has 31 heavy (non-hydrogen) atoms. The summed E-state index contributed by atoms with van der Waals surface area (Å²) in [6.45, 7) is 0.478. The van der Waals surface area contributed by atoms with Crippen molar-refractivity contribution >= 4 is 5.91 Å². The van der Waals surface area contributed by atoms with Gasteiger partial charge in [0.25, 0.3) is 5.91 Å². The van der Waals surface area contributed by atoms with Crippen LogP contribution >= 0.6 is 0 Å². The number of carbonyl (C=O) groups is 1. The normalized spacial score (nSPS) is 10.6. The van der Waals surface area contributed by atoms with E-state index in [9.17, 15) is 9.18 Å². The Morgan fingerprint density at radius 3 is 2.45 bits per heavy atom. The van der Waals surface area contributed by atoms with Crippen LogP contribution in [-0.2, 0) is 6.42 Å². The number of benzene rings is 3. The van der Waals surface area contributed by atoms with Crippen LogP contribution in [0.15, 0.2) is 83.4 Å². The van der Waals surface area contributed by atoms with Gasteiger partial charge in [-0.3, -0.25) is 4.79 Å². The molecule has 0 aliphatic rings. The number of ether oxygens (including phenoxy) is 1. The number of hydrogen-bond donors (Lipinski definition) is 1. The highest BCUT2D eigenvalue weighted by molar-refractivity contribution is 6.00. The molecule has 0 bridgehead atoms. The third kappa shape index (κ3) is 4.64. The van der Waals surface area contributed by atoms with Crippen LogP contribution in [0.4, 0.5) is 4.39 Å². The van der Waals surface area contributed by atoms with E-state index in [2.05, 4.69) is 10.3 Å². The number of nitrogens with zero attached hydrogens (tertiary/aromatic N) is 1. The molecule has 0 spiro atoms. The molecule has 1 amide bonds. The summed E-state index contributed by atoms with van der Waals surface area (Å²) in [6.07, 6.45) is 2.15. The van der Waals surface area contributed by atoms with Gasteiger partial charge in [-0.2, -0.15) is 0 Å². The van der Waals surface area contributed by atoms with Gasteiger partial charge in [0.2, 0.25) is 5.89 Å². The lowest BCUT2D eigenvalue weighted by Crippen LogP contribution is -2.26. The van der Waals surface area contributed by atoms with E-state index in [0.717, 1.165) is 11.3 Å². The van der Waals surface area contributed by atoms with Crippen LogP contribution in [0.1, 0.15) is 15.9 Å². The third-order valence-corrected chi connectivity index (χ3v) is 4.91. The van der Waals surface area contributed by atoms with Crippen LogP contribution in [0.5, 0.6) is 5.75 Å². The van der Waals surface area contributed by atoms with Crippen molar-refractivity contribution in [2.24, 2.45) is 0 Å². The minimum Gasteiger partial charge on any atom is -0.497 e. The Hall–Kier alpha value is -3.93. The van der Waals surface area contributed by atoms with Crippen LogP contribution in [0.2, 0.25) is 0 Å². The Morgan fingerprint density at radius 1 is 1.00 bits per heavy atom. The Labute approximate surface area is 179 Å². The van der Waals surface area contributed by atoms with Crippen LogP contribution in [-0.4, -0.2) is 24.5 Å². The molecule has 4 rings (SSSR count). The number of oxazole rings is 1. The van der Waals surface area contributed by atoms with Crippen molar-refractivity contribution in [3.05, 3.63) is 95.9 Å². The Morgan fingerprint density at radius 2 is 1.71 bits per heavy atom. The molecule has 0 saturated heterocycles. The fourth-order valence-electron chi connectivity index (χ4n) is 3.26. The first kappa shape index (κ1) is 20.3. The standard InChI is InChI=1S/C25H21FN2O3/c1-30-18-12-10-17(11-13-18)14-15-27-24(29)19-6-2-3-7-20(19)25-28-16-23(31-25)21-8-4-5-9-22(21)26/h2-13,16H,14-15H2,1H3,(H,27,29). The molecule has 4 aromatic rings. The second-order valence-corrected chi connectivity index (χ2v) is 6.91. The number of rotatable bonds is 7. The van der Waals surface area contributed by atoms with Crippen LogP contribution in [0, 0.1) is 5.82 Å². The van der Waals surface area contributed by atoms with Crippen molar-refractivity contribution in [1.29, 1.82) is 0 Å². The first-order chi connectivity index (χ1) is 15.2. The molecule has 0 saturated carbocycles. The number of nitrogens with one attached hydrogen (secondary N) is 1. The van der Waals surface area contributed by atoms with Crippen LogP contribution < -0.4 is 10.1 Å². The van der Waals surface area contributed by atoms with Gasteiger partial charge in [-0.25, -0.2) is 9.37 Å². The predicted octanol–water partition coefficient (Wildman–Crippen LogP) is 5.13. The van der Waals surface area contributed by atoms with Crippen molar-refractivity contribution in [1.82, 2.24) is 10.3 Å². The van der Waals surface area contributed by atoms with E-state index in [-0.39, 0.29) is 11.8 Å². The maximum absolute atomic E-state index is 14.1. The van der Waals surface area contributed by atoms with E-state index in [1.807, 2.05) is 24.3 Å². The minimum absolute atomic E-state index is 0.227. The Balaban J connectivity index is 1.48. The number of halogens is 1. The lowest BCUT2D eigenvalue weighted by molar-refractivity contribution is 0.0954. The van der Waals surface area contributed by atoms with Crippen LogP contribution in [0.3, 0.4) is 0 Å². The quantitative estimate of drug-likeness (QED) is 0.454. The number of aromatic nitrogens is 1. The summed E-state index contributed by atoms with van der Waals surface area (Å²) in [4.78, 5) is 17.1. The van der Waals surface area contributed by atoms with Gasteiger partial charge in [-0.05, 0) is 48.4 Å². The van der Waals surface area contributed by atoms with Crippen LogP contribution in [0.25, 0.3) is 22.8 Å². The van der Waals surface area contributed by atoms with Gasteiger partial charge < -0.3 is 14.5 Å². The summed E-state index contributed by atoms with van der Waals surface area (Å²) in [6, 6.07) is 21.1. The molecule has 0 radical (unpaired) electrons. The molecule has 1 heterocycles. The van der Waals surface area contributed by atoms with E-state index in [1.165, 1.54) is 12.3 Å². The molecule has 156 valence electrons. The van der Waals surface area contributed by atoms with Gasteiger partial charge in [-0.1, -0.05) is 36.4 Å². The second-order valence-electron chi connectivity index (χ2n) is 6.91. The minimum atomic E-state index is -0.394. The second kappa shape index (κ2) is 9.26. The van der Waals surface area contributed by atoms with Crippen molar-refractivity contribution in [2.45, 2.75) is 6.42 Å². The number of amides is 1. The van der Waals surface area contributed by atoms with Crippen molar-refractivity contribution in [2.75, 3.05) is 13.7 Å². The van der Waals surface area contributed by atoms with E-state index in [1.54, 1.807) is 49.6 Å². The Bertz CT molecular complexity index is 1190. The molecule has 1 N–H and O–H groups in total. The van der Waals surface area contributed by atoms with Gasteiger partial charge in [0, 0.05) is 12.1 Å². The van der Waals surface area contributed by atoms with Gasteiger partial charge in [0.05, 0.1) is 24.4 Å². The van der Waals surface area contributed by atoms with E-state index in [0.29, 0.717) is 35.4 Å². The van der Waals surface area contributed by atoms with Crippen molar-refractivity contribution < 1.29 is 18.3 Å². The summed E-state index contributed by atoms with van der Waals surface area (Å²) in [7, 11) is 1.62. The summed E-state index contributed by atoms with van der Waals surface area (Å²) in [5, 5.41) is 2.93. The van der Waals surface area contributed by atoms with Gasteiger partial charge in [-0.15, -0.1) is 0 Å². The summed E-state index contributed by atoms with van der Waals surface area (Å²) in [5.41, 5.74) is 2.41. The van der Waals surface area contributed by atoms with Crippen molar-refractivity contribution in [3.8, 4) is 28.5 Å². The smallest absolute Gasteiger partial charge is 0.252 e. The van der Waals surface area contributed by atoms with Gasteiger partial charge >= 0.3 is 0 Å². The number of hydrogen-bond acceptors (Lipinski definition) is 4. The topological polar surface area (TPSA) is 64.4 Å². The highest BCUT2D eigenvalue weighted by Crippen LogP contribution is 2.29. The van der Waals surface area contributed by atoms with E-state index >= 15 is 0 Å². The maximum Gasteiger partial charge on any atom is 0.252 e. The first-order valence-corrected chi connectivity index (χ1v) is 9.87. The molecule has 0 atom stereocenters. The van der Waals surface area contributed by atoms with E-state index in [4.69, 9.17) is 9.15 Å². The monoisotopic (exact) mass is 416 g/mol. The fourth-order valence-corrected chi connectivity index (χ4v) is 3.26. The average molecular weight is 416 g/mol. The molecule has 0 fully saturated rings. The van der Waals surface area contributed by atoms with Gasteiger partial charge in [0.15, 0.2) is 5.76 Å². The fraction of sp³-hybridized carbons (Fsp3) is 0.120. The zero-order chi connectivity index (χ0) is 21.6. The summed E-state index contributed by atoms with van der Waals surface area (Å²) in [5.74, 6) is 0.744. The number of carbonyl (C=O) groups excluding carboxylic acids is 1. The van der Waals surface area contributed by atoms with Gasteiger partial charge in [0.1, 0.15) is 11.6 Å². The first-order valence-electron chi connectivity index (χ1n) is 9.87. The van der Waals surface area contributed by atoms with E-state index < -0.39 is 5.82 Å². The maximum atomic E-state index is 14.1. The molecule has 0 aliphatic heterocycles. The lowest BCUT2D eigenvalue weighted by Gasteiger charge is -2.09. The zero-order valence-electron chi connectivity index (χ0n) is 17.0. The SMILES string of the molecule is COc1ccc(CCNC(=O)c2ccccc2-c2ncc(-c3ccccc3F)o2)cc1. The van der Waals surface area contributed by atoms with Crippen molar-refractivity contribution in [3.63, 3.8) is 0 Å². The molecular formula is C25H21FN2O3. The lowest BCUT2D eigenvalue weighted by atomic mass is 10.1. The Kier molecular flexibility index (Phi) is 6.08. The molecule has 1 aromatic heterocycles. The molecule has 6 heteroatoms. The molecule has 3 aromatic carbocycles. The molecule has 5 nitrogen and oxygen atoms in total. The summed E-state index contributed by atoms with van der Waals surface area (Å²) >= 11 is 0. The molecule has 0 aliphatic carbocycles. The predicted molar refractivity (Wildman–Crippen MR) is 116 cm³/mol. The average Bonchev–Trinajstić information content (AvgIpc) is 3.29. The summed E-state index contributed by atoms with van der Waals surface area (Å²) < 4.78 is 25.0. The third-order valence-electron chi connectivity index (χ3n) is 4.91. The zero-order valence-corrected chi connectivity index (χ0v) is 17.0. The number of methoxy groups -OCH3 is 1.